The summed E-state index contributed by atoms with van der Waals surface area (Å²) in [6.45, 7) is 3.93. The molecule has 3 aromatic carbocycles. The molecule has 4 N–H and O–H groups in total. The van der Waals surface area contributed by atoms with Gasteiger partial charge in [0.2, 0.25) is 0 Å². The third-order valence-electron chi connectivity index (χ3n) is 6.36. The Bertz CT molecular complexity index is 1560. The molecule has 2 amide bonds. The second kappa shape index (κ2) is 15.3. The molecule has 0 aliphatic carbocycles. The third kappa shape index (κ3) is 8.56. The van der Waals surface area contributed by atoms with E-state index in [0.29, 0.717) is 51.8 Å². The largest absolute Gasteiger partial charge is 0.490 e. The first-order valence-electron chi connectivity index (χ1n) is 13.6. The number of carbonyl (C=O) groups is 2. The fourth-order valence-corrected chi connectivity index (χ4v) is 4.62. The first-order valence-corrected chi connectivity index (χ1v) is 14.3. The van der Waals surface area contributed by atoms with Crippen molar-refractivity contribution in [3.8, 4) is 17.2 Å². The van der Waals surface area contributed by atoms with E-state index < -0.39 is 24.3 Å². The molecule has 0 unspecified atom stereocenters. The van der Waals surface area contributed by atoms with Gasteiger partial charge in [-0.05, 0) is 66.9 Å². The van der Waals surface area contributed by atoms with Crippen molar-refractivity contribution in [3.05, 3.63) is 98.7 Å². The maximum atomic E-state index is 12.4. The Balaban J connectivity index is 1.35. The number of amides is 2. The van der Waals surface area contributed by atoms with Gasteiger partial charge >= 0.3 is 12.0 Å². The number of urea groups is 1. The van der Waals surface area contributed by atoms with E-state index in [4.69, 9.17) is 42.1 Å². The van der Waals surface area contributed by atoms with Crippen LogP contribution in [0.2, 0.25) is 10.0 Å². The summed E-state index contributed by atoms with van der Waals surface area (Å²) in [6.07, 6.45) is 0.395. The summed E-state index contributed by atoms with van der Waals surface area (Å²) < 4.78 is 22.3. The van der Waals surface area contributed by atoms with Gasteiger partial charge in [-0.15, -0.1) is 0 Å². The molecule has 11 nitrogen and oxygen atoms in total. The molecule has 13 heteroatoms. The van der Waals surface area contributed by atoms with Crippen LogP contribution in [0.5, 0.6) is 17.2 Å². The number of hydrogen-bond acceptors (Lipinski definition) is 9. The van der Waals surface area contributed by atoms with Crippen molar-refractivity contribution in [2.45, 2.75) is 32.7 Å². The number of allylic oxidation sites excluding steroid dienone is 1. The number of carbonyl (C=O) groups excluding carboxylic acids is 2. The predicted octanol–water partition coefficient (Wildman–Crippen LogP) is 5.09. The number of methoxy groups -OCH3 is 1. The molecule has 44 heavy (non-hydrogen) atoms. The van der Waals surface area contributed by atoms with Crippen LogP contribution in [0.25, 0.3) is 0 Å². The van der Waals surface area contributed by atoms with Crippen LogP contribution in [-0.4, -0.2) is 49.9 Å². The maximum absolute atomic E-state index is 12.4. The number of aliphatic hydroxyl groups excluding tert-OH is 1. The minimum Gasteiger partial charge on any atom is -0.490 e. The Kier molecular flexibility index (Phi) is 11.3. The molecule has 0 radical (unpaired) electrons. The van der Waals surface area contributed by atoms with Crippen LogP contribution in [-0.2, 0) is 16.1 Å². The van der Waals surface area contributed by atoms with Gasteiger partial charge in [-0.2, -0.15) is 5.10 Å². The Hall–Kier alpha value is -4.45. The number of hydrazone groups is 1. The number of nitrogens with zero attached hydrogens (tertiary/aromatic N) is 1. The number of benzene rings is 3. The summed E-state index contributed by atoms with van der Waals surface area (Å²) in [6, 6.07) is 16.4. The number of halogens is 2. The Morgan fingerprint density at radius 3 is 2.64 bits per heavy atom. The van der Waals surface area contributed by atoms with Gasteiger partial charge in [-0.25, -0.2) is 9.59 Å². The van der Waals surface area contributed by atoms with Gasteiger partial charge in [0, 0.05) is 5.70 Å². The van der Waals surface area contributed by atoms with E-state index in [1.54, 1.807) is 43.3 Å². The summed E-state index contributed by atoms with van der Waals surface area (Å²) in [5.41, 5.74) is 5.48. The number of hydrogen-bond donors (Lipinski definition) is 4. The van der Waals surface area contributed by atoms with Crippen LogP contribution in [0.3, 0.4) is 0 Å². The molecule has 0 bridgehead atoms. The summed E-state index contributed by atoms with van der Waals surface area (Å²) in [5, 5.41) is 20.8. The van der Waals surface area contributed by atoms with Gasteiger partial charge < -0.3 is 34.7 Å². The molecular formula is C31H32Cl2N4O7. The van der Waals surface area contributed by atoms with Gasteiger partial charge in [0.15, 0.2) is 17.7 Å². The highest BCUT2D eigenvalue weighted by atomic mass is 35.5. The monoisotopic (exact) mass is 642 g/mol. The van der Waals surface area contributed by atoms with Crippen molar-refractivity contribution in [1.29, 1.82) is 0 Å². The normalized spacial score (nSPS) is 15.3. The number of ether oxygens (including phenoxy) is 4. The van der Waals surface area contributed by atoms with E-state index in [1.165, 1.54) is 13.3 Å². The second-order valence-corrected chi connectivity index (χ2v) is 10.3. The van der Waals surface area contributed by atoms with Crippen LogP contribution < -0.4 is 30.3 Å². The SMILES string of the molecule is CCOc1cc([C@@H]2NC(=O)NC(C)=C2C(=O)OC)ccc1OC[C@H](O)N/N=C\c1cccc(OCc2ccc(Cl)c(Cl)c2)c1. The lowest BCUT2D eigenvalue weighted by molar-refractivity contribution is -0.136. The van der Waals surface area contributed by atoms with Gasteiger partial charge in [0.25, 0.3) is 0 Å². The van der Waals surface area contributed by atoms with Crippen LogP contribution in [0.15, 0.2) is 77.0 Å². The van der Waals surface area contributed by atoms with Crippen molar-refractivity contribution >= 4 is 41.4 Å². The van der Waals surface area contributed by atoms with Gasteiger partial charge in [-0.3, -0.25) is 5.43 Å². The number of rotatable bonds is 13. The van der Waals surface area contributed by atoms with Crippen LogP contribution >= 0.6 is 23.2 Å². The highest BCUT2D eigenvalue weighted by molar-refractivity contribution is 6.42. The Morgan fingerprint density at radius 1 is 1.07 bits per heavy atom. The molecule has 232 valence electrons. The smallest absolute Gasteiger partial charge is 0.337 e. The summed E-state index contributed by atoms with van der Waals surface area (Å²) in [4.78, 5) is 24.6. The van der Waals surface area contributed by atoms with Crippen molar-refractivity contribution in [2.75, 3.05) is 20.3 Å². The minimum absolute atomic E-state index is 0.153. The fraction of sp³-hybridized carbons (Fsp3) is 0.258. The zero-order valence-corrected chi connectivity index (χ0v) is 25.7. The molecule has 0 aromatic heterocycles. The average Bonchev–Trinajstić information content (AvgIpc) is 3.00. The molecule has 0 saturated heterocycles. The highest BCUT2D eigenvalue weighted by Gasteiger charge is 2.32. The molecule has 2 atom stereocenters. The standard InChI is InChI=1S/C31H32Cl2N4O7/c1-4-42-26-14-21(29-28(30(39)41-3)18(2)35-31(40)36-29)9-11-25(26)44-17-27(38)37-34-15-19-6-5-7-22(12-19)43-16-20-8-10-23(32)24(33)13-20/h5-15,27,29,37-38H,4,16-17H2,1-3H3,(H2,35,36,40)/b34-15-/t27-,29-/m0/s1. The van der Waals surface area contributed by atoms with E-state index in [0.717, 1.165) is 11.1 Å². The number of nitrogens with one attached hydrogen (secondary N) is 3. The van der Waals surface area contributed by atoms with Crippen LogP contribution in [0, 0.1) is 0 Å². The van der Waals surface area contributed by atoms with E-state index >= 15 is 0 Å². The van der Waals surface area contributed by atoms with Crippen molar-refractivity contribution in [2.24, 2.45) is 5.10 Å². The molecule has 1 aliphatic heterocycles. The van der Waals surface area contributed by atoms with Gasteiger partial charge in [-0.1, -0.05) is 47.5 Å². The Morgan fingerprint density at radius 2 is 1.89 bits per heavy atom. The van der Waals surface area contributed by atoms with E-state index in [2.05, 4.69) is 21.2 Å². The summed E-state index contributed by atoms with van der Waals surface area (Å²) >= 11 is 12.0. The quantitative estimate of drug-likeness (QED) is 0.0875. The lowest BCUT2D eigenvalue weighted by Gasteiger charge is -2.28. The average molecular weight is 644 g/mol. The fourth-order valence-electron chi connectivity index (χ4n) is 4.30. The Labute approximate surface area is 264 Å². The first-order chi connectivity index (χ1) is 21.2. The van der Waals surface area contributed by atoms with E-state index in [9.17, 15) is 14.7 Å². The van der Waals surface area contributed by atoms with Crippen molar-refractivity contribution in [3.63, 3.8) is 0 Å². The second-order valence-electron chi connectivity index (χ2n) is 9.52. The summed E-state index contributed by atoms with van der Waals surface area (Å²) in [7, 11) is 1.27. The maximum Gasteiger partial charge on any atom is 0.337 e. The van der Waals surface area contributed by atoms with Gasteiger partial charge in [0.05, 0.1) is 41.6 Å². The van der Waals surface area contributed by atoms with E-state index in [1.807, 2.05) is 31.2 Å². The topological polar surface area (TPSA) is 140 Å². The molecule has 1 aliphatic rings. The predicted molar refractivity (Wildman–Crippen MR) is 166 cm³/mol. The molecule has 0 fully saturated rings. The first kappa shape index (κ1) is 32.5. The molecule has 4 rings (SSSR count). The van der Waals surface area contributed by atoms with Crippen molar-refractivity contribution < 1.29 is 33.6 Å². The highest BCUT2D eigenvalue weighted by Crippen LogP contribution is 2.35. The van der Waals surface area contributed by atoms with Crippen LogP contribution in [0.4, 0.5) is 4.79 Å². The van der Waals surface area contributed by atoms with Crippen LogP contribution in [0.1, 0.15) is 36.6 Å². The minimum atomic E-state index is -1.14. The van der Waals surface area contributed by atoms with E-state index in [-0.39, 0.29) is 12.2 Å². The summed E-state index contributed by atoms with van der Waals surface area (Å²) in [5.74, 6) is 0.778. The van der Waals surface area contributed by atoms with Crippen molar-refractivity contribution in [1.82, 2.24) is 16.1 Å². The molecule has 0 spiro atoms. The molecule has 0 saturated carbocycles. The molecule has 1 heterocycles. The molecule has 3 aromatic rings. The zero-order valence-electron chi connectivity index (χ0n) is 24.2. The lowest BCUT2D eigenvalue weighted by atomic mass is 9.95. The van der Waals surface area contributed by atoms with Gasteiger partial charge in [0.1, 0.15) is 19.0 Å². The molecular weight excluding hydrogens is 611 g/mol. The third-order valence-corrected chi connectivity index (χ3v) is 7.10. The zero-order chi connectivity index (χ0) is 31.6. The lowest BCUT2D eigenvalue weighted by Crippen LogP contribution is -2.45. The number of aliphatic hydroxyl groups is 1. The number of esters is 1.